The minimum atomic E-state index is 0.245. The molecule has 0 saturated heterocycles. The van der Waals surface area contributed by atoms with Crippen molar-refractivity contribution in [3.8, 4) is 28.0 Å². The molecular formula is C18H12BrClO. The number of halogens is 2. The van der Waals surface area contributed by atoms with Crippen LogP contribution in [0.25, 0.3) is 22.3 Å². The van der Waals surface area contributed by atoms with E-state index in [4.69, 9.17) is 11.6 Å². The van der Waals surface area contributed by atoms with Crippen LogP contribution < -0.4 is 0 Å². The molecule has 3 rings (SSSR count). The Balaban J connectivity index is 2.04. The summed E-state index contributed by atoms with van der Waals surface area (Å²) >= 11 is 9.46. The first-order chi connectivity index (χ1) is 10.1. The zero-order valence-corrected chi connectivity index (χ0v) is 13.4. The molecule has 1 N–H and O–H groups in total. The maximum Gasteiger partial charge on any atom is 0.124 e. The van der Waals surface area contributed by atoms with Crippen LogP contribution in [0.2, 0.25) is 5.02 Å². The molecule has 0 amide bonds. The molecule has 0 aliphatic carbocycles. The van der Waals surface area contributed by atoms with Gasteiger partial charge in [0.05, 0.1) is 0 Å². The number of phenolic OH excluding ortho intramolecular Hbond substituents is 1. The fraction of sp³-hybridized carbons (Fsp3) is 0. The maximum absolute atomic E-state index is 10.3. The van der Waals surface area contributed by atoms with Crippen LogP contribution in [0.3, 0.4) is 0 Å². The Kier molecular flexibility index (Phi) is 4.00. The van der Waals surface area contributed by atoms with Crippen molar-refractivity contribution in [3.05, 3.63) is 76.2 Å². The van der Waals surface area contributed by atoms with Gasteiger partial charge in [-0.05, 0) is 47.0 Å². The van der Waals surface area contributed by atoms with Crippen molar-refractivity contribution in [2.24, 2.45) is 0 Å². The van der Waals surface area contributed by atoms with Gasteiger partial charge in [-0.1, -0.05) is 63.9 Å². The first kappa shape index (κ1) is 14.2. The van der Waals surface area contributed by atoms with Gasteiger partial charge in [0.25, 0.3) is 0 Å². The lowest BCUT2D eigenvalue weighted by Gasteiger charge is -2.08. The molecule has 104 valence electrons. The Hall–Kier alpha value is -1.77. The first-order valence-corrected chi connectivity index (χ1v) is 7.65. The second-order valence-electron chi connectivity index (χ2n) is 4.75. The number of benzene rings is 3. The van der Waals surface area contributed by atoms with Crippen molar-refractivity contribution >= 4 is 27.5 Å². The van der Waals surface area contributed by atoms with Gasteiger partial charge in [-0.3, -0.25) is 0 Å². The summed E-state index contributed by atoms with van der Waals surface area (Å²) in [6.07, 6.45) is 0. The smallest absolute Gasteiger partial charge is 0.124 e. The summed E-state index contributed by atoms with van der Waals surface area (Å²) in [6.45, 7) is 0. The molecule has 0 atom stereocenters. The molecule has 0 aromatic heterocycles. The zero-order chi connectivity index (χ0) is 14.8. The van der Waals surface area contributed by atoms with E-state index in [-0.39, 0.29) is 5.75 Å². The Morgan fingerprint density at radius 1 is 0.762 bits per heavy atom. The Labute approximate surface area is 137 Å². The molecule has 21 heavy (non-hydrogen) atoms. The van der Waals surface area contributed by atoms with E-state index in [1.807, 2.05) is 60.7 Å². The normalized spacial score (nSPS) is 10.6. The highest BCUT2D eigenvalue weighted by Gasteiger charge is 2.07. The maximum atomic E-state index is 10.3. The summed E-state index contributed by atoms with van der Waals surface area (Å²) in [7, 11) is 0. The number of rotatable bonds is 2. The van der Waals surface area contributed by atoms with Crippen LogP contribution in [0.1, 0.15) is 0 Å². The molecule has 0 spiro atoms. The number of hydrogen-bond donors (Lipinski definition) is 1. The van der Waals surface area contributed by atoms with Crippen molar-refractivity contribution in [2.75, 3.05) is 0 Å². The Morgan fingerprint density at radius 2 is 1.48 bits per heavy atom. The summed E-state index contributed by atoms with van der Waals surface area (Å²) in [5, 5.41) is 11.0. The lowest BCUT2D eigenvalue weighted by molar-refractivity contribution is 0.477. The summed E-state index contributed by atoms with van der Waals surface area (Å²) < 4.78 is 1.01. The highest BCUT2D eigenvalue weighted by molar-refractivity contribution is 9.10. The van der Waals surface area contributed by atoms with Gasteiger partial charge in [0.2, 0.25) is 0 Å². The average molecular weight is 360 g/mol. The summed E-state index contributed by atoms with van der Waals surface area (Å²) in [5.41, 5.74) is 3.70. The molecule has 0 aliphatic rings. The first-order valence-electron chi connectivity index (χ1n) is 6.48. The third-order valence-corrected chi connectivity index (χ3v) is 4.02. The van der Waals surface area contributed by atoms with E-state index in [0.717, 1.165) is 26.7 Å². The standard InChI is InChI=1S/C18H12BrClO/c19-15-5-1-3-12(9-15)13-7-8-17(18(21)11-13)14-4-2-6-16(20)10-14/h1-11,21H. The van der Waals surface area contributed by atoms with Crippen LogP contribution in [0.5, 0.6) is 5.75 Å². The van der Waals surface area contributed by atoms with Crippen molar-refractivity contribution in [1.29, 1.82) is 0 Å². The summed E-state index contributed by atoms with van der Waals surface area (Å²) in [5.74, 6) is 0.245. The van der Waals surface area contributed by atoms with E-state index in [0.29, 0.717) is 5.02 Å². The van der Waals surface area contributed by atoms with Gasteiger partial charge in [-0.15, -0.1) is 0 Å². The molecule has 1 nitrogen and oxygen atoms in total. The molecule has 3 aromatic carbocycles. The van der Waals surface area contributed by atoms with E-state index >= 15 is 0 Å². The monoisotopic (exact) mass is 358 g/mol. The van der Waals surface area contributed by atoms with Gasteiger partial charge in [-0.25, -0.2) is 0 Å². The van der Waals surface area contributed by atoms with E-state index in [2.05, 4.69) is 15.9 Å². The van der Waals surface area contributed by atoms with Crippen molar-refractivity contribution in [3.63, 3.8) is 0 Å². The number of phenols is 1. The molecule has 3 aromatic rings. The zero-order valence-electron chi connectivity index (χ0n) is 11.1. The molecule has 0 aliphatic heterocycles. The largest absolute Gasteiger partial charge is 0.507 e. The molecule has 0 radical (unpaired) electrons. The predicted octanol–water partition coefficient (Wildman–Crippen LogP) is 6.14. The molecule has 0 unspecified atom stereocenters. The summed E-state index contributed by atoms with van der Waals surface area (Å²) in [6, 6.07) is 21.1. The topological polar surface area (TPSA) is 20.2 Å². The third kappa shape index (κ3) is 3.12. The average Bonchev–Trinajstić information content (AvgIpc) is 2.47. The molecule has 3 heteroatoms. The lowest BCUT2D eigenvalue weighted by atomic mass is 9.99. The van der Waals surface area contributed by atoms with Crippen LogP contribution in [0.15, 0.2) is 71.2 Å². The molecule has 0 heterocycles. The van der Waals surface area contributed by atoms with Crippen molar-refractivity contribution < 1.29 is 5.11 Å². The Bertz CT molecular complexity index is 799. The molecule has 0 bridgehead atoms. The van der Waals surface area contributed by atoms with Crippen LogP contribution in [0, 0.1) is 0 Å². The fourth-order valence-electron chi connectivity index (χ4n) is 2.28. The molecular weight excluding hydrogens is 348 g/mol. The molecule has 0 fully saturated rings. The van der Waals surface area contributed by atoms with Gasteiger partial charge >= 0.3 is 0 Å². The highest BCUT2D eigenvalue weighted by Crippen LogP contribution is 2.34. The van der Waals surface area contributed by atoms with Crippen molar-refractivity contribution in [2.45, 2.75) is 0 Å². The minimum absolute atomic E-state index is 0.245. The van der Waals surface area contributed by atoms with Crippen LogP contribution in [-0.2, 0) is 0 Å². The highest BCUT2D eigenvalue weighted by atomic mass is 79.9. The van der Waals surface area contributed by atoms with Crippen LogP contribution in [0.4, 0.5) is 0 Å². The lowest BCUT2D eigenvalue weighted by Crippen LogP contribution is -1.82. The SMILES string of the molecule is Oc1cc(-c2cccc(Br)c2)ccc1-c1cccc(Cl)c1. The van der Waals surface area contributed by atoms with Gasteiger partial charge < -0.3 is 5.11 Å². The minimum Gasteiger partial charge on any atom is -0.507 e. The Morgan fingerprint density at radius 3 is 2.19 bits per heavy atom. The number of hydrogen-bond acceptors (Lipinski definition) is 1. The van der Waals surface area contributed by atoms with Gasteiger partial charge in [0, 0.05) is 15.1 Å². The second kappa shape index (κ2) is 5.92. The van der Waals surface area contributed by atoms with Crippen molar-refractivity contribution in [1.82, 2.24) is 0 Å². The molecule has 0 saturated carbocycles. The fourth-order valence-corrected chi connectivity index (χ4v) is 2.87. The second-order valence-corrected chi connectivity index (χ2v) is 6.10. The van der Waals surface area contributed by atoms with Gasteiger partial charge in [0.1, 0.15) is 5.75 Å². The van der Waals surface area contributed by atoms with E-state index < -0.39 is 0 Å². The summed E-state index contributed by atoms with van der Waals surface area (Å²) in [4.78, 5) is 0. The van der Waals surface area contributed by atoms with E-state index in [1.165, 1.54) is 0 Å². The van der Waals surface area contributed by atoms with Crippen LogP contribution >= 0.6 is 27.5 Å². The van der Waals surface area contributed by atoms with Gasteiger partial charge in [-0.2, -0.15) is 0 Å². The van der Waals surface area contributed by atoms with Gasteiger partial charge in [0.15, 0.2) is 0 Å². The third-order valence-electron chi connectivity index (χ3n) is 3.29. The predicted molar refractivity (Wildman–Crippen MR) is 91.7 cm³/mol. The quantitative estimate of drug-likeness (QED) is 0.582. The number of aromatic hydroxyl groups is 1. The van der Waals surface area contributed by atoms with E-state index in [9.17, 15) is 5.11 Å². The van der Waals surface area contributed by atoms with E-state index in [1.54, 1.807) is 6.07 Å². The van der Waals surface area contributed by atoms with Crippen LogP contribution in [-0.4, -0.2) is 5.11 Å².